The van der Waals surface area contributed by atoms with Gasteiger partial charge < -0.3 is 14.2 Å². The SMILES string of the molecule is CCCCCCCC/C=C/C/C=C/CCC(=O)OC(COC(=O)CCCCC/C=C/CCCCCCCC)COC(=O)CCCCCCCCC/C=C/CCCCCCCC. The summed E-state index contributed by atoms with van der Waals surface area (Å²) >= 11 is 0. The molecule has 0 aliphatic heterocycles. The van der Waals surface area contributed by atoms with Gasteiger partial charge in [-0.2, -0.15) is 0 Å². The largest absolute Gasteiger partial charge is 0.462 e. The first-order valence-corrected chi connectivity index (χ1v) is 26.1. The van der Waals surface area contributed by atoms with Gasteiger partial charge in [-0.05, 0) is 89.9 Å². The lowest BCUT2D eigenvalue weighted by atomic mass is 10.1. The lowest BCUT2D eigenvalue weighted by Gasteiger charge is -2.18. The predicted molar refractivity (Wildman–Crippen MR) is 261 cm³/mol. The van der Waals surface area contributed by atoms with E-state index < -0.39 is 6.10 Å². The topological polar surface area (TPSA) is 78.9 Å². The van der Waals surface area contributed by atoms with E-state index in [1.54, 1.807) is 0 Å². The van der Waals surface area contributed by atoms with Gasteiger partial charge in [-0.25, -0.2) is 0 Å². The molecule has 0 radical (unpaired) electrons. The van der Waals surface area contributed by atoms with E-state index in [4.69, 9.17) is 14.2 Å². The third kappa shape index (κ3) is 48.3. The number of rotatable bonds is 47. The van der Waals surface area contributed by atoms with Crippen molar-refractivity contribution >= 4 is 17.9 Å². The summed E-state index contributed by atoms with van der Waals surface area (Å²) < 4.78 is 16.7. The summed E-state index contributed by atoms with van der Waals surface area (Å²) in [4.78, 5) is 37.9. The van der Waals surface area contributed by atoms with Gasteiger partial charge in [0, 0.05) is 19.3 Å². The van der Waals surface area contributed by atoms with Gasteiger partial charge in [0.2, 0.25) is 0 Å². The first kappa shape index (κ1) is 58.4. The van der Waals surface area contributed by atoms with Gasteiger partial charge in [0.15, 0.2) is 6.10 Å². The van der Waals surface area contributed by atoms with Gasteiger partial charge in [0.25, 0.3) is 0 Å². The van der Waals surface area contributed by atoms with E-state index in [0.29, 0.717) is 19.3 Å². The number of carbonyl (C=O) groups excluding carboxylic acids is 3. The molecule has 0 fully saturated rings. The minimum absolute atomic E-state index is 0.102. The summed E-state index contributed by atoms with van der Waals surface area (Å²) in [6.45, 7) is 6.56. The zero-order valence-electron chi connectivity index (χ0n) is 40.4. The Morgan fingerprint density at radius 3 is 1.00 bits per heavy atom. The van der Waals surface area contributed by atoms with Crippen LogP contribution in [-0.2, 0) is 28.6 Å². The Kier molecular flexibility index (Phi) is 47.9. The van der Waals surface area contributed by atoms with Crippen molar-refractivity contribution in [2.75, 3.05) is 13.2 Å². The molecule has 0 saturated heterocycles. The van der Waals surface area contributed by atoms with Gasteiger partial charge in [-0.15, -0.1) is 0 Å². The van der Waals surface area contributed by atoms with E-state index in [9.17, 15) is 14.4 Å². The summed E-state index contributed by atoms with van der Waals surface area (Å²) in [6.07, 6.45) is 59.6. The third-order valence-electron chi connectivity index (χ3n) is 11.3. The molecule has 1 atom stereocenters. The quantitative estimate of drug-likeness (QED) is 0.0263. The lowest BCUT2D eigenvalue weighted by molar-refractivity contribution is -0.166. The zero-order valence-corrected chi connectivity index (χ0v) is 40.4. The molecule has 0 aromatic heterocycles. The zero-order chi connectivity index (χ0) is 44.4. The van der Waals surface area contributed by atoms with Gasteiger partial charge in [0.1, 0.15) is 13.2 Å². The number of hydrogen-bond donors (Lipinski definition) is 0. The summed E-state index contributed by atoms with van der Waals surface area (Å²) in [7, 11) is 0. The number of hydrogen-bond acceptors (Lipinski definition) is 6. The maximum Gasteiger partial charge on any atom is 0.306 e. The van der Waals surface area contributed by atoms with Crippen LogP contribution in [0.25, 0.3) is 0 Å². The van der Waals surface area contributed by atoms with Crippen LogP contribution in [0, 0.1) is 0 Å². The Labute approximate surface area is 378 Å². The smallest absolute Gasteiger partial charge is 0.306 e. The van der Waals surface area contributed by atoms with Crippen LogP contribution in [0.15, 0.2) is 48.6 Å². The van der Waals surface area contributed by atoms with Crippen molar-refractivity contribution in [2.45, 2.75) is 271 Å². The molecule has 1 unspecified atom stereocenters. The third-order valence-corrected chi connectivity index (χ3v) is 11.3. The lowest BCUT2D eigenvalue weighted by Crippen LogP contribution is -2.30. The maximum absolute atomic E-state index is 12.7. The summed E-state index contributed by atoms with van der Waals surface area (Å²) in [5, 5.41) is 0. The molecule has 0 amide bonds. The van der Waals surface area contributed by atoms with Gasteiger partial charge >= 0.3 is 17.9 Å². The Balaban J connectivity index is 4.43. The molecular weight excluding hydrogens is 757 g/mol. The first-order valence-electron chi connectivity index (χ1n) is 26.1. The van der Waals surface area contributed by atoms with Crippen LogP contribution < -0.4 is 0 Å². The second-order valence-corrected chi connectivity index (χ2v) is 17.4. The van der Waals surface area contributed by atoms with E-state index in [-0.39, 0.29) is 37.5 Å². The average Bonchev–Trinajstić information content (AvgIpc) is 3.26. The molecule has 0 aromatic carbocycles. The summed E-state index contributed by atoms with van der Waals surface area (Å²) in [6, 6.07) is 0. The minimum Gasteiger partial charge on any atom is -0.462 e. The van der Waals surface area contributed by atoms with Crippen LogP contribution in [-0.4, -0.2) is 37.2 Å². The van der Waals surface area contributed by atoms with Crippen molar-refractivity contribution in [3.8, 4) is 0 Å². The average molecular weight is 855 g/mol. The van der Waals surface area contributed by atoms with Crippen LogP contribution in [0.3, 0.4) is 0 Å². The highest BCUT2D eigenvalue weighted by molar-refractivity contribution is 5.71. The molecule has 0 saturated carbocycles. The molecule has 0 spiro atoms. The number of esters is 3. The molecular formula is C55H98O6. The van der Waals surface area contributed by atoms with Crippen molar-refractivity contribution in [1.29, 1.82) is 0 Å². The monoisotopic (exact) mass is 855 g/mol. The number of allylic oxidation sites excluding steroid dienone is 8. The molecule has 0 N–H and O–H groups in total. The Bertz CT molecular complexity index is 1070. The van der Waals surface area contributed by atoms with Crippen LogP contribution >= 0.6 is 0 Å². The molecule has 0 aromatic rings. The van der Waals surface area contributed by atoms with Crippen LogP contribution in [0.5, 0.6) is 0 Å². The second-order valence-electron chi connectivity index (χ2n) is 17.4. The van der Waals surface area contributed by atoms with E-state index >= 15 is 0 Å². The number of ether oxygens (including phenoxy) is 3. The van der Waals surface area contributed by atoms with Crippen LogP contribution in [0.1, 0.15) is 265 Å². The van der Waals surface area contributed by atoms with E-state index in [0.717, 1.165) is 64.2 Å². The van der Waals surface area contributed by atoms with E-state index in [1.165, 1.54) is 154 Å². The highest BCUT2D eigenvalue weighted by atomic mass is 16.6. The first-order chi connectivity index (χ1) is 30.0. The normalized spacial score (nSPS) is 12.4. The minimum atomic E-state index is -0.809. The van der Waals surface area contributed by atoms with Crippen molar-refractivity contribution in [3.63, 3.8) is 0 Å². The fourth-order valence-electron chi connectivity index (χ4n) is 7.31. The second kappa shape index (κ2) is 50.0. The van der Waals surface area contributed by atoms with E-state index in [2.05, 4.69) is 63.3 Å². The van der Waals surface area contributed by atoms with Gasteiger partial charge in [-0.1, -0.05) is 204 Å². The highest BCUT2D eigenvalue weighted by Crippen LogP contribution is 2.14. The van der Waals surface area contributed by atoms with Crippen molar-refractivity contribution in [2.24, 2.45) is 0 Å². The fourth-order valence-corrected chi connectivity index (χ4v) is 7.31. The molecule has 6 nitrogen and oxygen atoms in total. The fraction of sp³-hybridized carbons (Fsp3) is 0.800. The molecule has 0 aliphatic rings. The van der Waals surface area contributed by atoms with Gasteiger partial charge in [-0.3, -0.25) is 14.4 Å². The molecule has 61 heavy (non-hydrogen) atoms. The van der Waals surface area contributed by atoms with E-state index in [1.807, 2.05) is 6.08 Å². The van der Waals surface area contributed by atoms with Crippen LogP contribution in [0.4, 0.5) is 0 Å². The Morgan fingerprint density at radius 1 is 0.328 bits per heavy atom. The summed E-state index contributed by atoms with van der Waals surface area (Å²) in [5.41, 5.74) is 0. The molecule has 0 aliphatic carbocycles. The van der Waals surface area contributed by atoms with Crippen LogP contribution in [0.2, 0.25) is 0 Å². The van der Waals surface area contributed by atoms with Crippen molar-refractivity contribution < 1.29 is 28.6 Å². The predicted octanol–water partition coefficient (Wildman–Crippen LogP) is 17.1. The van der Waals surface area contributed by atoms with Crippen molar-refractivity contribution in [3.05, 3.63) is 48.6 Å². The maximum atomic E-state index is 12.7. The van der Waals surface area contributed by atoms with Gasteiger partial charge in [0.05, 0.1) is 0 Å². The molecule has 0 bridgehead atoms. The molecule has 0 heterocycles. The number of carbonyl (C=O) groups is 3. The standard InChI is InChI=1S/C55H98O6/c1-4-7-10-13-16-19-22-25-26-27-28-31-33-36-39-42-45-48-54(57)60-51-52(61-55(58)49-46-43-40-37-34-30-24-21-18-15-12-9-6-3)50-59-53(56)47-44-41-38-35-32-29-23-20-17-14-11-8-5-2/h25-26,29-30,32,34,40,43,52H,4-24,27-28,31,33,35-39,41-42,44-51H2,1-3H3/b26-25+,32-29+,34-30+,43-40+. The summed E-state index contributed by atoms with van der Waals surface area (Å²) in [5.74, 6) is -0.985. The number of unbranched alkanes of at least 4 members (excludes halogenated alkanes) is 28. The Hall–Kier alpha value is -2.63. The highest BCUT2D eigenvalue weighted by Gasteiger charge is 2.19. The molecule has 6 heteroatoms. The Morgan fingerprint density at radius 2 is 0.623 bits per heavy atom. The molecule has 354 valence electrons. The van der Waals surface area contributed by atoms with Crippen molar-refractivity contribution in [1.82, 2.24) is 0 Å². The molecule has 0 rings (SSSR count).